The fraction of sp³-hybridized carbons (Fsp3) is 0.769. The van der Waals surface area contributed by atoms with E-state index in [1.165, 1.54) is 0 Å². The summed E-state index contributed by atoms with van der Waals surface area (Å²) in [6, 6.07) is 0. The van der Waals surface area contributed by atoms with E-state index < -0.39 is 36.9 Å². The molecule has 21 heavy (non-hydrogen) atoms. The normalized spacial score (nSPS) is 30.7. The van der Waals surface area contributed by atoms with Crippen molar-refractivity contribution in [2.24, 2.45) is 17.8 Å². The number of hydrogen-bond acceptors (Lipinski definition) is 3. The monoisotopic (exact) mass is 314 g/mol. The van der Waals surface area contributed by atoms with Crippen LogP contribution in [-0.2, 0) is 14.3 Å². The van der Waals surface area contributed by atoms with Crippen molar-refractivity contribution >= 4 is 5.97 Å². The lowest BCUT2D eigenvalue weighted by Crippen LogP contribution is -2.57. The standard InChI is InChI=1S/C13H15F5O3/c1-2-20-12(11(14)15,13(16,17)18)21-10(19)9-6-7-3-4-8(9)5-7/h3-4,7-9,11H,2,5-6H2,1H3. The second-order valence-electron chi connectivity index (χ2n) is 5.21. The lowest BCUT2D eigenvalue weighted by Gasteiger charge is -2.34. The van der Waals surface area contributed by atoms with E-state index in [2.05, 4.69) is 9.47 Å². The average Bonchev–Trinajstić information content (AvgIpc) is 2.98. The van der Waals surface area contributed by atoms with Crippen LogP contribution in [0.3, 0.4) is 0 Å². The van der Waals surface area contributed by atoms with Crippen molar-refractivity contribution < 1.29 is 36.2 Å². The van der Waals surface area contributed by atoms with E-state index in [0.717, 1.165) is 6.92 Å². The van der Waals surface area contributed by atoms with Gasteiger partial charge in [-0.2, -0.15) is 13.2 Å². The summed E-state index contributed by atoms with van der Waals surface area (Å²) in [7, 11) is 0. The van der Waals surface area contributed by atoms with Crippen LogP contribution in [0.1, 0.15) is 19.8 Å². The van der Waals surface area contributed by atoms with Crippen molar-refractivity contribution in [2.75, 3.05) is 6.61 Å². The SMILES string of the molecule is CCOC(OC(=O)C1CC2C=CC1C2)(C(F)F)C(F)(F)F. The molecule has 0 amide bonds. The molecular formula is C13H15F5O3. The van der Waals surface area contributed by atoms with Crippen LogP contribution in [-0.4, -0.2) is 31.0 Å². The number of fused-ring (bicyclic) bond motifs is 2. The van der Waals surface area contributed by atoms with Crippen molar-refractivity contribution in [1.29, 1.82) is 0 Å². The quantitative estimate of drug-likeness (QED) is 0.338. The molecule has 4 atom stereocenters. The highest BCUT2D eigenvalue weighted by atomic mass is 19.4. The number of hydrogen-bond donors (Lipinski definition) is 0. The van der Waals surface area contributed by atoms with Crippen molar-refractivity contribution in [3.8, 4) is 0 Å². The van der Waals surface area contributed by atoms with Gasteiger partial charge in [0.2, 0.25) is 0 Å². The van der Waals surface area contributed by atoms with Gasteiger partial charge in [-0.25, -0.2) is 8.78 Å². The van der Waals surface area contributed by atoms with E-state index in [0.29, 0.717) is 12.8 Å². The molecule has 0 saturated heterocycles. The zero-order chi connectivity index (χ0) is 15.8. The van der Waals surface area contributed by atoms with Gasteiger partial charge in [-0.05, 0) is 31.6 Å². The molecule has 2 aliphatic rings. The Morgan fingerprint density at radius 2 is 1.95 bits per heavy atom. The third-order valence-electron chi connectivity index (χ3n) is 3.88. The largest absolute Gasteiger partial charge is 0.462 e. The van der Waals surface area contributed by atoms with Crippen LogP contribution in [0, 0.1) is 17.8 Å². The molecule has 0 aromatic rings. The number of alkyl halides is 5. The van der Waals surface area contributed by atoms with E-state index in [1.807, 2.05) is 6.08 Å². The summed E-state index contributed by atoms with van der Waals surface area (Å²) in [6.45, 7) is 0.463. The molecule has 0 aromatic heterocycles. The average molecular weight is 314 g/mol. The van der Waals surface area contributed by atoms with Gasteiger partial charge in [-0.15, -0.1) is 0 Å². The molecule has 120 valence electrons. The fourth-order valence-corrected chi connectivity index (χ4v) is 2.89. The Balaban J connectivity index is 2.18. The predicted molar refractivity (Wildman–Crippen MR) is 61.4 cm³/mol. The minimum absolute atomic E-state index is 0.103. The van der Waals surface area contributed by atoms with Gasteiger partial charge in [0.05, 0.1) is 5.92 Å². The molecule has 4 unspecified atom stereocenters. The third-order valence-corrected chi connectivity index (χ3v) is 3.88. The Morgan fingerprint density at radius 1 is 1.29 bits per heavy atom. The topological polar surface area (TPSA) is 35.5 Å². The van der Waals surface area contributed by atoms with Gasteiger partial charge in [0.1, 0.15) is 0 Å². The smallest absolute Gasteiger partial charge is 0.418 e. The van der Waals surface area contributed by atoms with Crippen LogP contribution >= 0.6 is 0 Å². The zero-order valence-corrected chi connectivity index (χ0v) is 11.2. The van der Waals surface area contributed by atoms with Crippen LogP contribution in [0.4, 0.5) is 22.0 Å². The van der Waals surface area contributed by atoms with Crippen molar-refractivity contribution in [3.63, 3.8) is 0 Å². The number of halogens is 5. The van der Waals surface area contributed by atoms with Crippen LogP contribution in [0.2, 0.25) is 0 Å². The lowest BCUT2D eigenvalue weighted by atomic mass is 9.94. The summed E-state index contributed by atoms with van der Waals surface area (Å²) in [4.78, 5) is 11.9. The molecule has 0 N–H and O–H groups in total. The van der Waals surface area contributed by atoms with Crippen molar-refractivity contribution in [1.82, 2.24) is 0 Å². The summed E-state index contributed by atoms with van der Waals surface area (Å²) >= 11 is 0. The molecular weight excluding hydrogens is 299 g/mol. The third kappa shape index (κ3) is 2.77. The molecule has 0 heterocycles. The Hall–Kier alpha value is -1.18. The number of ether oxygens (including phenoxy) is 2. The van der Waals surface area contributed by atoms with Gasteiger partial charge in [0.15, 0.2) is 0 Å². The van der Waals surface area contributed by atoms with Gasteiger partial charge in [-0.3, -0.25) is 4.79 Å². The first-order chi connectivity index (χ1) is 9.71. The van der Waals surface area contributed by atoms with Gasteiger partial charge in [0.25, 0.3) is 0 Å². The molecule has 8 heteroatoms. The lowest BCUT2D eigenvalue weighted by molar-refractivity contribution is -0.401. The number of esters is 1. The van der Waals surface area contributed by atoms with Crippen LogP contribution < -0.4 is 0 Å². The Bertz CT molecular complexity index is 434. The Labute approximate surface area is 118 Å². The maximum atomic E-state index is 13.0. The summed E-state index contributed by atoms with van der Waals surface area (Å²) in [5, 5.41) is 0. The van der Waals surface area contributed by atoms with Crippen LogP contribution in [0.5, 0.6) is 0 Å². The van der Waals surface area contributed by atoms with Gasteiger partial charge < -0.3 is 9.47 Å². The molecule has 1 fully saturated rings. The van der Waals surface area contributed by atoms with Gasteiger partial charge in [-0.1, -0.05) is 12.2 Å². The predicted octanol–water partition coefficient (Wildman–Crippen LogP) is 3.30. The minimum Gasteiger partial charge on any atom is -0.418 e. The molecule has 0 aliphatic heterocycles. The summed E-state index contributed by atoms with van der Waals surface area (Å²) < 4.78 is 73.0. The highest BCUT2D eigenvalue weighted by Gasteiger charge is 2.67. The van der Waals surface area contributed by atoms with E-state index in [-0.39, 0.29) is 11.8 Å². The number of carbonyl (C=O) groups excluding carboxylic acids is 1. The van der Waals surface area contributed by atoms with Gasteiger partial charge >= 0.3 is 24.4 Å². The van der Waals surface area contributed by atoms with Gasteiger partial charge in [0, 0.05) is 6.61 Å². The first-order valence-corrected chi connectivity index (χ1v) is 6.61. The zero-order valence-electron chi connectivity index (χ0n) is 11.2. The number of rotatable bonds is 5. The Kier molecular flexibility index (Phi) is 4.28. The number of carbonyl (C=O) groups is 1. The Morgan fingerprint density at radius 3 is 2.33 bits per heavy atom. The second-order valence-corrected chi connectivity index (χ2v) is 5.21. The molecule has 1 saturated carbocycles. The number of allylic oxidation sites excluding steroid dienone is 2. The highest BCUT2D eigenvalue weighted by molar-refractivity contribution is 5.74. The summed E-state index contributed by atoms with van der Waals surface area (Å²) in [5.41, 5.74) is 0. The second kappa shape index (κ2) is 5.55. The molecule has 0 spiro atoms. The van der Waals surface area contributed by atoms with E-state index >= 15 is 0 Å². The van der Waals surface area contributed by atoms with Crippen LogP contribution in [0.25, 0.3) is 0 Å². The molecule has 0 aromatic carbocycles. The first kappa shape index (κ1) is 16.2. The van der Waals surface area contributed by atoms with E-state index in [4.69, 9.17) is 0 Å². The molecule has 3 nitrogen and oxygen atoms in total. The minimum atomic E-state index is -5.51. The summed E-state index contributed by atoms with van der Waals surface area (Å²) in [5.74, 6) is -6.43. The highest BCUT2D eigenvalue weighted by Crippen LogP contribution is 2.46. The van der Waals surface area contributed by atoms with Crippen molar-refractivity contribution in [3.05, 3.63) is 12.2 Å². The maximum Gasteiger partial charge on any atom is 0.462 e. The van der Waals surface area contributed by atoms with E-state index in [1.54, 1.807) is 6.08 Å². The van der Waals surface area contributed by atoms with Crippen molar-refractivity contribution in [2.45, 2.75) is 38.2 Å². The molecule has 0 radical (unpaired) electrons. The molecule has 2 aliphatic carbocycles. The molecule has 2 bridgehead atoms. The fourth-order valence-electron chi connectivity index (χ4n) is 2.89. The maximum absolute atomic E-state index is 13.0. The summed E-state index contributed by atoms with van der Waals surface area (Å²) in [6.07, 6.45) is -4.97. The van der Waals surface area contributed by atoms with Crippen LogP contribution in [0.15, 0.2) is 12.2 Å². The molecule has 2 rings (SSSR count). The first-order valence-electron chi connectivity index (χ1n) is 6.61. The van der Waals surface area contributed by atoms with E-state index in [9.17, 15) is 26.7 Å².